The number of piperazine rings is 1. The van der Waals surface area contributed by atoms with Gasteiger partial charge in [-0.05, 0) is 13.0 Å². The van der Waals surface area contributed by atoms with Crippen molar-refractivity contribution in [2.45, 2.75) is 25.7 Å². The Morgan fingerprint density at radius 1 is 1.17 bits per heavy atom. The summed E-state index contributed by atoms with van der Waals surface area (Å²) in [4.78, 5) is 13.7. The zero-order valence-corrected chi connectivity index (χ0v) is 16.2. The fourth-order valence-electron chi connectivity index (χ4n) is 3.62. The summed E-state index contributed by atoms with van der Waals surface area (Å²) in [6.07, 6.45) is 0.583. The lowest BCUT2D eigenvalue weighted by Crippen LogP contribution is -2.50. The molecule has 1 aromatic carbocycles. The first-order chi connectivity index (χ1) is 14.3. The normalized spacial score (nSPS) is 17.4. The molecule has 4 rings (SSSR count). The van der Waals surface area contributed by atoms with E-state index in [1.54, 1.807) is 4.90 Å². The molecule has 1 unspecified atom stereocenters. The predicted octanol–water partition coefficient (Wildman–Crippen LogP) is 3.59. The zero-order valence-electron chi connectivity index (χ0n) is 16.2. The summed E-state index contributed by atoms with van der Waals surface area (Å²) < 4.78 is 55.6. The van der Waals surface area contributed by atoms with Crippen LogP contribution in [0.25, 0.3) is 11.0 Å². The first-order valence-electron chi connectivity index (χ1n) is 9.49. The molecule has 0 aliphatic carbocycles. The number of hydrogen-bond acceptors (Lipinski definition) is 6. The second-order valence-corrected chi connectivity index (χ2v) is 7.22. The standard InChI is InChI=1S/C20H20F4N6/c1-12-11-30(5-4-26-12)19-14(20(22,23)24)9-25-10-18(19)29-8-13-6-16-17(7-15(13)21)28-3-2-27-16/h2-3,6-7,9-10,12,26,29H,4-5,8,11H2,1H3. The van der Waals surface area contributed by atoms with Crippen LogP contribution in [0, 0.1) is 5.82 Å². The summed E-state index contributed by atoms with van der Waals surface area (Å²) >= 11 is 0. The van der Waals surface area contributed by atoms with Gasteiger partial charge in [-0.3, -0.25) is 15.0 Å². The Bertz CT molecular complexity index is 1060. The fraction of sp³-hybridized carbons (Fsp3) is 0.350. The fourth-order valence-corrected chi connectivity index (χ4v) is 3.62. The molecule has 10 heteroatoms. The molecule has 2 aromatic heterocycles. The number of anilines is 2. The molecule has 30 heavy (non-hydrogen) atoms. The predicted molar refractivity (Wildman–Crippen MR) is 106 cm³/mol. The van der Waals surface area contributed by atoms with Crippen LogP contribution in [0.15, 0.2) is 36.9 Å². The van der Waals surface area contributed by atoms with Crippen LogP contribution in [-0.4, -0.2) is 40.6 Å². The van der Waals surface area contributed by atoms with E-state index in [9.17, 15) is 17.6 Å². The second-order valence-electron chi connectivity index (χ2n) is 7.22. The van der Waals surface area contributed by atoms with Crippen molar-refractivity contribution in [1.29, 1.82) is 0 Å². The first kappa shape index (κ1) is 20.3. The Balaban J connectivity index is 1.68. The van der Waals surface area contributed by atoms with Crippen molar-refractivity contribution in [3.05, 3.63) is 53.9 Å². The van der Waals surface area contributed by atoms with Gasteiger partial charge in [0, 0.05) is 62.4 Å². The average Bonchev–Trinajstić information content (AvgIpc) is 2.71. The highest BCUT2D eigenvalue weighted by atomic mass is 19.4. The third kappa shape index (κ3) is 4.13. The third-order valence-electron chi connectivity index (χ3n) is 5.01. The number of nitrogens with zero attached hydrogens (tertiary/aromatic N) is 4. The number of rotatable bonds is 4. The van der Waals surface area contributed by atoms with Crippen molar-refractivity contribution in [1.82, 2.24) is 20.3 Å². The molecule has 1 saturated heterocycles. The maximum atomic E-state index is 14.5. The van der Waals surface area contributed by atoms with Crippen LogP contribution in [0.5, 0.6) is 0 Å². The van der Waals surface area contributed by atoms with Crippen LogP contribution in [0.1, 0.15) is 18.1 Å². The van der Waals surface area contributed by atoms with Crippen LogP contribution >= 0.6 is 0 Å². The maximum absolute atomic E-state index is 14.5. The van der Waals surface area contributed by atoms with Gasteiger partial charge in [0.05, 0.1) is 34.2 Å². The van der Waals surface area contributed by atoms with Gasteiger partial charge in [-0.1, -0.05) is 0 Å². The number of fused-ring (bicyclic) bond motifs is 1. The molecule has 3 aromatic rings. The van der Waals surface area contributed by atoms with Gasteiger partial charge in [-0.15, -0.1) is 0 Å². The molecular weight excluding hydrogens is 400 g/mol. The van der Waals surface area contributed by atoms with Crippen molar-refractivity contribution in [2.24, 2.45) is 0 Å². The Morgan fingerprint density at radius 2 is 1.90 bits per heavy atom. The van der Waals surface area contributed by atoms with Crippen LogP contribution in [-0.2, 0) is 12.7 Å². The largest absolute Gasteiger partial charge is 0.419 e. The molecule has 158 valence electrons. The Kier molecular flexibility index (Phi) is 5.42. The number of halogens is 4. The van der Waals surface area contributed by atoms with Gasteiger partial charge in [0.2, 0.25) is 0 Å². The van der Waals surface area contributed by atoms with Gasteiger partial charge < -0.3 is 15.5 Å². The number of alkyl halides is 3. The molecule has 1 fully saturated rings. The molecule has 0 amide bonds. The Morgan fingerprint density at radius 3 is 2.60 bits per heavy atom. The molecule has 3 heterocycles. The molecule has 1 aliphatic heterocycles. The monoisotopic (exact) mass is 420 g/mol. The summed E-state index contributed by atoms with van der Waals surface area (Å²) in [6.45, 7) is 3.31. The number of hydrogen-bond donors (Lipinski definition) is 2. The van der Waals surface area contributed by atoms with E-state index in [-0.39, 0.29) is 29.5 Å². The topological polar surface area (TPSA) is 66.0 Å². The summed E-state index contributed by atoms with van der Waals surface area (Å²) in [6, 6.07) is 2.85. The molecule has 6 nitrogen and oxygen atoms in total. The molecular formula is C20H20F4N6. The lowest BCUT2D eigenvalue weighted by atomic mass is 10.1. The molecule has 1 atom stereocenters. The van der Waals surface area contributed by atoms with E-state index in [0.717, 1.165) is 6.20 Å². The van der Waals surface area contributed by atoms with Gasteiger partial charge >= 0.3 is 6.18 Å². The Labute approximate surface area is 170 Å². The number of aromatic nitrogens is 3. The lowest BCUT2D eigenvalue weighted by molar-refractivity contribution is -0.137. The minimum Gasteiger partial charge on any atom is -0.378 e. The van der Waals surface area contributed by atoms with Crippen molar-refractivity contribution in [3.63, 3.8) is 0 Å². The average molecular weight is 420 g/mol. The summed E-state index contributed by atoms with van der Waals surface area (Å²) in [7, 11) is 0. The molecule has 1 aliphatic rings. The highest BCUT2D eigenvalue weighted by Crippen LogP contribution is 2.40. The van der Waals surface area contributed by atoms with E-state index in [2.05, 4.69) is 25.6 Å². The minimum absolute atomic E-state index is 0.0179. The van der Waals surface area contributed by atoms with Crippen LogP contribution in [0.3, 0.4) is 0 Å². The molecule has 0 bridgehead atoms. The highest BCUT2D eigenvalue weighted by molar-refractivity contribution is 5.76. The minimum atomic E-state index is -4.56. The first-order valence-corrected chi connectivity index (χ1v) is 9.49. The van der Waals surface area contributed by atoms with Gasteiger partial charge in [0.15, 0.2) is 0 Å². The number of pyridine rings is 1. The van der Waals surface area contributed by atoms with Crippen molar-refractivity contribution >= 4 is 22.4 Å². The van der Waals surface area contributed by atoms with Gasteiger partial charge in [-0.2, -0.15) is 13.2 Å². The Hall–Kier alpha value is -3.01. The second kappa shape index (κ2) is 8.02. The van der Waals surface area contributed by atoms with Crippen LogP contribution in [0.2, 0.25) is 0 Å². The quantitative estimate of drug-likeness (QED) is 0.629. The van der Waals surface area contributed by atoms with E-state index in [0.29, 0.717) is 30.7 Å². The third-order valence-corrected chi connectivity index (χ3v) is 5.01. The van der Waals surface area contributed by atoms with Crippen LogP contribution in [0.4, 0.5) is 28.9 Å². The smallest absolute Gasteiger partial charge is 0.378 e. The van der Waals surface area contributed by atoms with E-state index in [1.165, 1.54) is 30.7 Å². The van der Waals surface area contributed by atoms with E-state index in [4.69, 9.17) is 0 Å². The van der Waals surface area contributed by atoms with E-state index in [1.807, 2.05) is 6.92 Å². The van der Waals surface area contributed by atoms with Gasteiger partial charge in [-0.25, -0.2) is 4.39 Å². The van der Waals surface area contributed by atoms with E-state index < -0.39 is 17.6 Å². The van der Waals surface area contributed by atoms with E-state index >= 15 is 0 Å². The van der Waals surface area contributed by atoms with Gasteiger partial charge in [0.25, 0.3) is 0 Å². The van der Waals surface area contributed by atoms with Gasteiger partial charge in [0.1, 0.15) is 5.82 Å². The van der Waals surface area contributed by atoms with Crippen molar-refractivity contribution < 1.29 is 17.6 Å². The summed E-state index contributed by atoms with van der Waals surface area (Å²) in [5, 5.41) is 6.17. The van der Waals surface area contributed by atoms with Crippen molar-refractivity contribution in [3.8, 4) is 0 Å². The SMILES string of the molecule is CC1CN(c2c(NCc3cc4nccnc4cc3F)cncc2C(F)(F)F)CCN1. The number of benzene rings is 1. The highest BCUT2D eigenvalue weighted by Gasteiger charge is 2.37. The molecule has 0 spiro atoms. The van der Waals surface area contributed by atoms with Crippen molar-refractivity contribution in [2.75, 3.05) is 29.9 Å². The lowest BCUT2D eigenvalue weighted by Gasteiger charge is -2.36. The summed E-state index contributed by atoms with van der Waals surface area (Å²) in [5.41, 5.74) is 0.625. The zero-order chi connectivity index (χ0) is 21.3. The molecule has 2 N–H and O–H groups in total. The molecule has 0 radical (unpaired) electrons. The maximum Gasteiger partial charge on any atom is 0.419 e. The summed E-state index contributed by atoms with van der Waals surface area (Å²) in [5.74, 6) is -0.507. The van der Waals surface area contributed by atoms with Crippen LogP contribution < -0.4 is 15.5 Å². The number of nitrogens with one attached hydrogen (secondary N) is 2. The molecule has 0 saturated carbocycles.